The van der Waals surface area contributed by atoms with E-state index in [9.17, 15) is 32.3 Å². The fourth-order valence-electron chi connectivity index (χ4n) is 5.98. The van der Waals surface area contributed by atoms with Gasteiger partial charge in [-0.3, -0.25) is 24.2 Å². The number of fused-ring (bicyclic) bond motifs is 1. The Kier molecular flexibility index (Phi) is 10.4. The van der Waals surface area contributed by atoms with Gasteiger partial charge in [0, 0.05) is 25.9 Å². The van der Waals surface area contributed by atoms with E-state index in [1.165, 1.54) is 29.2 Å². The number of carbonyl (C=O) groups is 4. The second kappa shape index (κ2) is 14.5. The highest BCUT2D eigenvalue weighted by Gasteiger charge is 2.49. The third kappa shape index (κ3) is 7.54. The molecule has 3 aromatic carbocycles. The summed E-state index contributed by atoms with van der Waals surface area (Å²) in [5.41, 5.74) is 1.87. The molecule has 4 aromatic rings. The van der Waals surface area contributed by atoms with Crippen LogP contribution in [-0.2, 0) is 43.5 Å². The molecule has 260 valence electrons. The quantitative estimate of drug-likeness (QED) is 0.188. The number of hydrogen-bond acceptors (Lipinski definition) is 7. The molecule has 0 saturated carbocycles. The lowest BCUT2D eigenvalue weighted by Crippen LogP contribution is -2.41. The van der Waals surface area contributed by atoms with Crippen molar-refractivity contribution in [2.75, 3.05) is 32.6 Å². The topological polar surface area (TPSA) is 115 Å². The standard InChI is InChI=1S/C38H36F3N3O6/c1-5-49-36(48)37(17-16-26-7-6-18-42-33(26)37)22-50-32(45)21-24-9-15-31(30(20-24)35(47)44(3)4)43-34(46)28-14-8-23(2)19-29(28)25-10-12-27(13-11-25)38(39,40)41/h6-15,18-20H,5,16-17,21-22H2,1-4H3,(H,43,46). The predicted octanol–water partition coefficient (Wildman–Crippen LogP) is 6.56. The van der Waals surface area contributed by atoms with Crippen LogP contribution in [0.5, 0.6) is 0 Å². The largest absolute Gasteiger partial charge is 0.465 e. The Bertz CT molecular complexity index is 1940. The number of carbonyl (C=O) groups excluding carboxylic acids is 4. The van der Waals surface area contributed by atoms with Gasteiger partial charge in [0.25, 0.3) is 11.8 Å². The summed E-state index contributed by atoms with van der Waals surface area (Å²) in [4.78, 5) is 58.9. The predicted molar refractivity (Wildman–Crippen MR) is 180 cm³/mol. The summed E-state index contributed by atoms with van der Waals surface area (Å²) >= 11 is 0. The van der Waals surface area contributed by atoms with Gasteiger partial charge in [0.2, 0.25) is 0 Å². The maximum Gasteiger partial charge on any atom is 0.416 e. The molecule has 1 heterocycles. The number of anilines is 1. The fourth-order valence-corrected chi connectivity index (χ4v) is 5.98. The monoisotopic (exact) mass is 687 g/mol. The lowest BCUT2D eigenvalue weighted by Gasteiger charge is -2.26. The van der Waals surface area contributed by atoms with Gasteiger partial charge in [-0.05, 0) is 85.3 Å². The number of rotatable bonds is 10. The van der Waals surface area contributed by atoms with Crippen LogP contribution in [0.1, 0.15) is 62.0 Å². The van der Waals surface area contributed by atoms with Crippen molar-refractivity contribution in [3.63, 3.8) is 0 Å². The molecule has 0 bridgehead atoms. The van der Waals surface area contributed by atoms with Crippen molar-refractivity contribution < 1.29 is 41.8 Å². The average molecular weight is 688 g/mol. The first-order chi connectivity index (χ1) is 23.7. The number of amides is 2. The van der Waals surface area contributed by atoms with E-state index in [-0.39, 0.29) is 36.4 Å². The molecular weight excluding hydrogens is 651 g/mol. The van der Waals surface area contributed by atoms with Crippen molar-refractivity contribution >= 4 is 29.4 Å². The number of aryl methyl sites for hydroxylation is 2. The number of halogens is 3. The van der Waals surface area contributed by atoms with Crippen LogP contribution in [0.25, 0.3) is 11.1 Å². The van der Waals surface area contributed by atoms with Crippen LogP contribution >= 0.6 is 0 Å². The van der Waals surface area contributed by atoms with Crippen molar-refractivity contribution in [1.29, 1.82) is 0 Å². The molecule has 9 nitrogen and oxygen atoms in total. The van der Waals surface area contributed by atoms with Gasteiger partial charge in [-0.1, -0.05) is 42.0 Å². The highest BCUT2D eigenvalue weighted by molar-refractivity contribution is 6.12. The maximum absolute atomic E-state index is 13.7. The molecule has 12 heteroatoms. The Balaban J connectivity index is 1.37. The molecule has 2 amide bonds. The van der Waals surface area contributed by atoms with Crippen molar-refractivity contribution in [3.8, 4) is 11.1 Å². The van der Waals surface area contributed by atoms with Gasteiger partial charge in [0.15, 0.2) is 0 Å². The highest BCUT2D eigenvalue weighted by atomic mass is 19.4. The van der Waals surface area contributed by atoms with Crippen molar-refractivity contribution in [2.45, 2.75) is 44.7 Å². The highest BCUT2D eigenvalue weighted by Crippen LogP contribution is 2.39. The van der Waals surface area contributed by atoms with Gasteiger partial charge in [0.1, 0.15) is 12.0 Å². The Hall–Kier alpha value is -5.52. The van der Waals surface area contributed by atoms with Crippen LogP contribution in [0.3, 0.4) is 0 Å². The maximum atomic E-state index is 13.7. The second-order valence-corrected chi connectivity index (χ2v) is 12.3. The zero-order valence-corrected chi connectivity index (χ0v) is 28.0. The van der Waals surface area contributed by atoms with E-state index in [4.69, 9.17) is 9.47 Å². The zero-order valence-electron chi connectivity index (χ0n) is 28.0. The molecule has 0 fully saturated rings. The molecule has 5 rings (SSSR count). The summed E-state index contributed by atoms with van der Waals surface area (Å²) < 4.78 is 50.5. The molecule has 1 atom stereocenters. The smallest absolute Gasteiger partial charge is 0.416 e. The van der Waals surface area contributed by atoms with Crippen LogP contribution in [0, 0.1) is 6.92 Å². The third-order valence-corrected chi connectivity index (χ3v) is 8.57. The van der Waals surface area contributed by atoms with E-state index >= 15 is 0 Å². The number of esters is 2. The number of pyridine rings is 1. The summed E-state index contributed by atoms with van der Waals surface area (Å²) in [6.07, 6.45) is -2.20. The van der Waals surface area contributed by atoms with Crippen LogP contribution in [0.2, 0.25) is 0 Å². The molecule has 0 saturated heterocycles. The van der Waals surface area contributed by atoms with Crippen molar-refractivity contribution in [1.82, 2.24) is 9.88 Å². The third-order valence-electron chi connectivity index (χ3n) is 8.57. The number of nitrogens with zero attached hydrogens (tertiary/aromatic N) is 2. The lowest BCUT2D eigenvalue weighted by molar-refractivity contribution is -0.157. The van der Waals surface area contributed by atoms with Crippen LogP contribution in [0.15, 0.2) is 79.0 Å². The van der Waals surface area contributed by atoms with Crippen LogP contribution < -0.4 is 5.32 Å². The van der Waals surface area contributed by atoms with E-state index < -0.39 is 40.9 Å². The minimum Gasteiger partial charge on any atom is -0.465 e. The molecule has 1 N–H and O–H groups in total. The van der Waals surface area contributed by atoms with Crippen LogP contribution in [-0.4, -0.2) is 60.9 Å². The van der Waals surface area contributed by atoms with Crippen molar-refractivity contribution in [2.24, 2.45) is 0 Å². The summed E-state index contributed by atoms with van der Waals surface area (Å²) in [5.74, 6) is -2.19. The number of benzene rings is 3. The first-order valence-corrected chi connectivity index (χ1v) is 15.9. The normalized spacial score (nSPS) is 15.2. The Morgan fingerprint density at radius 2 is 1.68 bits per heavy atom. The van der Waals surface area contributed by atoms with Gasteiger partial charge < -0.3 is 19.7 Å². The second-order valence-electron chi connectivity index (χ2n) is 12.3. The molecule has 1 unspecified atom stereocenters. The summed E-state index contributed by atoms with van der Waals surface area (Å²) in [7, 11) is 3.08. The Morgan fingerprint density at radius 1 is 0.940 bits per heavy atom. The first kappa shape index (κ1) is 35.8. The van der Waals surface area contributed by atoms with Crippen molar-refractivity contribution in [3.05, 3.63) is 118 Å². The Labute approximate surface area is 287 Å². The van der Waals surface area contributed by atoms with E-state index in [1.54, 1.807) is 64.5 Å². The molecule has 1 aliphatic carbocycles. The number of alkyl halides is 3. The average Bonchev–Trinajstić information content (AvgIpc) is 3.47. The van der Waals surface area contributed by atoms with Gasteiger partial charge >= 0.3 is 18.1 Å². The van der Waals surface area contributed by atoms with Crippen LogP contribution in [0.4, 0.5) is 18.9 Å². The van der Waals surface area contributed by atoms with Gasteiger partial charge in [-0.25, -0.2) is 0 Å². The molecule has 0 spiro atoms. The number of hydrogen-bond donors (Lipinski definition) is 1. The zero-order chi connectivity index (χ0) is 36.2. The molecule has 50 heavy (non-hydrogen) atoms. The van der Waals surface area contributed by atoms with E-state index in [2.05, 4.69) is 10.3 Å². The molecular formula is C38H36F3N3O6. The number of aromatic nitrogens is 1. The molecule has 1 aliphatic rings. The minimum absolute atomic E-state index is 0.105. The molecule has 0 radical (unpaired) electrons. The minimum atomic E-state index is -4.51. The van der Waals surface area contributed by atoms with Gasteiger partial charge in [-0.2, -0.15) is 13.2 Å². The lowest BCUT2D eigenvalue weighted by atomic mass is 9.86. The van der Waals surface area contributed by atoms with Gasteiger partial charge in [-0.15, -0.1) is 0 Å². The van der Waals surface area contributed by atoms with E-state index in [0.717, 1.165) is 23.3 Å². The van der Waals surface area contributed by atoms with Gasteiger partial charge in [0.05, 0.1) is 35.5 Å². The molecule has 1 aromatic heterocycles. The summed E-state index contributed by atoms with van der Waals surface area (Å²) in [5, 5.41) is 2.77. The summed E-state index contributed by atoms with van der Waals surface area (Å²) in [6, 6.07) is 17.7. The first-order valence-electron chi connectivity index (χ1n) is 15.9. The van der Waals surface area contributed by atoms with E-state index in [1.807, 2.05) is 6.07 Å². The fraction of sp³-hybridized carbons (Fsp3) is 0.289. The SMILES string of the molecule is CCOC(=O)C1(COC(=O)Cc2ccc(NC(=O)c3ccc(C)cc3-c3ccc(C(F)(F)F)cc3)c(C(=O)N(C)C)c2)CCc2cccnc21. The molecule has 0 aliphatic heterocycles. The number of nitrogens with one attached hydrogen (secondary N) is 1. The number of ether oxygens (including phenoxy) is 2. The Morgan fingerprint density at radius 3 is 2.36 bits per heavy atom. The van der Waals surface area contributed by atoms with E-state index in [0.29, 0.717) is 35.2 Å². The summed E-state index contributed by atoms with van der Waals surface area (Å²) in [6.45, 7) is 3.39.